The van der Waals surface area contributed by atoms with Gasteiger partial charge >= 0.3 is 6.18 Å². The van der Waals surface area contributed by atoms with E-state index in [1.807, 2.05) is 0 Å². The summed E-state index contributed by atoms with van der Waals surface area (Å²) in [5.41, 5.74) is 0.124. The van der Waals surface area contributed by atoms with E-state index in [1.54, 1.807) is 6.07 Å². The number of benzene rings is 1. The van der Waals surface area contributed by atoms with Crippen LogP contribution in [0.25, 0.3) is 0 Å². The van der Waals surface area contributed by atoms with E-state index in [9.17, 15) is 13.2 Å². The Morgan fingerprint density at radius 2 is 1.38 bits per heavy atom. The van der Waals surface area contributed by atoms with Crippen molar-refractivity contribution in [3.8, 4) is 0 Å². The van der Waals surface area contributed by atoms with Crippen LogP contribution in [-0.2, 0) is 6.18 Å². The molecular formula is C20H30F3N3. The van der Waals surface area contributed by atoms with Crippen molar-refractivity contribution in [1.29, 1.82) is 0 Å². The molecule has 0 aliphatic carbocycles. The standard InChI is InChI=1S/C20H30F3N3/c21-20(22,23)18-7-5-8-19(17-18)26-15-13-25(14-16-26)12-6-11-24-9-3-1-2-4-10-24/h5,7-8,17H,1-4,6,9-16H2. The lowest BCUT2D eigenvalue weighted by Crippen LogP contribution is -2.47. The predicted molar refractivity (Wildman–Crippen MR) is 99.6 cm³/mol. The Morgan fingerprint density at radius 1 is 0.769 bits per heavy atom. The molecule has 146 valence electrons. The molecule has 2 aliphatic rings. The molecule has 0 saturated carbocycles. The summed E-state index contributed by atoms with van der Waals surface area (Å²) in [5.74, 6) is 0. The summed E-state index contributed by atoms with van der Waals surface area (Å²) in [6.07, 6.45) is 2.31. The van der Waals surface area contributed by atoms with Crippen LogP contribution in [-0.4, -0.2) is 62.2 Å². The molecule has 1 aromatic rings. The van der Waals surface area contributed by atoms with Crippen molar-refractivity contribution in [2.24, 2.45) is 0 Å². The summed E-state index contributed by atoms with van der Waals surface area (Å²) >= 11 is 0. The minimum Gasteiger partial charge on any atom is -0.369 e. The average molecular weight is 369 g/mol. The SMILES string of the molecule is FC(F)(F)c1cccc(N2CCN(CCCN3CCCCCC3)CC2)c1. The van der Waals surface area contributed by atoms with E-state index in [0.717, 1.165) is 38.8 Å². The Kier molecular flexibility index (Phi) is 6.81. The minimum absolute atomic E-state index is 0.560. The van der Waals surface area contributed by atoms with Crippen LogP contribution in [0.15, 0.2) is 24.3 Å². The molecule has 2 aliphatic heterocycles. The lowest BCUT2D eigenvalue weighted by molar-refractivity contribution is -0.137. The van der Waals surface area contributed by atoms with Crippen LogP contribution in [0.4, 0.5) is 18.9 Å². The van der Waals surface area contributed by atoms with Gasteiger partial charge in [-0.05, 0) is 63.6 Å². The second-order valence-electron chi connectivity index (χ2n) is 7.49. The van der Waals surface area contributed by atoms with Gasteiger partial charge in [0.15, 0.2) is 0 Å². The number of hydrogen-bond acceptors (Lipinski definition) is 3. The van der Waals surface area contributed by atoms with Gasteiger partial charge in [0.2, 0.25) is 0 Å². The molecule has 0 radical (unpaired) electrons. The molecule has 0 spiro atoms. The molecule has 6 heteroatoms. The van der Waals surface area contributed by atoms with E-state index in [2.05, 4.69) is 14.7 Å². The lowest BCUT2D eigenvalue weighted by Gasteiger charge is -2.36. The highest BCUT2D eigenvalue weighted by Gasteiger charge is 2.31. The van der Waals surface area contributed by atoms with Gasteiger partial charge in [0.25, 0.3) is 0 Å². The number of piperazine rings is 1. The Labute approximate surface area is 154 Å². The smallest absolute Gasteiger partial charge is 0.369 e. The Bertz CT molecular complexity index is 545. The number of rotatable bonds is 5. The van der Waals surface area contributed by atoms with Crippen LogP contribution < -0.4 is 4.90 Å². The van der Waals surface area contributed by atoms with Crippen LogP contribution in [0.3, 0.4) is 0 Å². The van der Waals surface area contributed by atoms with Gasteiger partial charge in [-0.25, -0.2) is 0 Å². The fourth-order valence-electron chi connectivity index (χ4n) is 3.99. The minimum atomic E-state index is -4.27. The monoisotopic (exact) mass is 369 g/mol. The zero-order chi connectivity index (χ0) is 18.4. The van der Waals surface area contributed by atoms with Crippen molar-refractivity contribution in [2.75, 3.05) is 57.3 Å². The van der Waals surface area contributed by atoms with Gasteiger partial charge in [0, 0.05) is 31.9 Å². The maximum Gasteiger partial charge on any atom is 0.416 e. The van der Waals surface area contributed by atoms with Crippen molar-refractivity contribution in [1.82, 2.24) is 9.80 Å². The number of nitrogens with zero attached hydrogens (tertiary/aromatic N) is 3. The summed E-state index contributed by atoms with van der Waals surface area (Å²) in [6.45, 7) is 8.19. The first kappa shape index (κ1) is 19.5. The molecule has 26 heavy (non-hydrogen) atoms. The third-order valence-corrected chi connectivity index (χ3v) is 5.56. The van der Waals surface area contributed by atoms with Gasteiger partial charge in [0.05, 0.1) is 5.56 Å². The molecule has 2 saturated heterocycles. The molecule has 0 N–H and O–H groups in total. The largest absolute Gasteiger partial charge is 0.416 e. The van der Waals surface area contributed by atoms with E-state index >= 15 is 0 Å². The molecule has 0 unspecified atom stereocenters. The number of halogens is 3. The van der Waals surface area contributed by atoms with E-state index in [0.29, 0.717) is 5.69 Å². The van der Waals surface area contributed by atoms with Crippen molar-refractivity contribution < 1.29 is 13.2 Å². The summed E-state index contributed by atoms with van der Waals surface area (Å²) in [5, 5.41) is 0. The first-order chi connectivity index (χ1) is 12.5. The van der Waals surface area contributed by atoms with E-state index in [-0.39, 0.29) is 0 Å². The number of hydrogen-bond donors (Lipinski definition) is 0. The normalized spacial score (nSPS) is 21.0. The molecule has 2 heterocycles. The zero-order valence-electron chi connectivity index (χ0n) is 15.5. The van der Waals surface area contributed by atoms with Crippen LogP contribution in [0.2, 0.25) is 0 Å². The van der Waals surface area contributed by atoms with Gasteiger partial charge in [-0.15, -0.1) is 0 Å². The van der Waals surface area contributed by atoms with Gasteiger partial charge in [-0.1, -0.05) is 18.9 Å². The topological polar surface area (TPSA) is 9.72 Å². The Morgan fingerprint density at radius 3 is 2.00 bits per heavy atom. The molecule has 0 atom stereocenters. The first-order valence-corrected chi connectivity index (χ1v) is 9.89. The second kappa shape index (κ2) is 9.09. The highest BCUT2D eigenvalue weighted by molar-refractivity contribution is 5.49. The first-order valence-electron chi connectivity index (χ1n) is 9.89. The maximum atomic E-state index is 12.9. The summed E-state index contributed by atoms with van der Waals surface area (Å²) in [4.78, 5) is 7.11. The van der Waals surface area contributed by atoms with E-state index in [4.69, 9.17) is 0 Å². The van der Waals surface area contributed by atoms with Crippen LogP contribution in [0.1, 0.15) is 37.7 Å². The number of anilines is 1. The van der Waals surface area contributed by atoms with Gasteiger partial charge in [-0.3, -0.25) is 4.90 Å². The van der Waals surface area contributed by atoms with Gasteiger partial charge in [-0.2, -0.15) is 13.2 Å². The van der Waals surface area contributed by atoms with E-state index < -0.39 is 11.7 Å². The fourth-order valence-corrected chi connectivity index (χ4v) is 3.99. The highest BCUT2D eigenvalue weighted by atomic mass is 19.4. The Balaban J connectivity index is 1.41. The summed E-state index contributed by atoms with van der Waals surface area (Å²) < 4.78 is 38.7. The van der Waals surface area contributed by atoms with Crippen LogP contribution in [0, 0.1) is 0 Å². The third kappa shape index (κ3) is 5.61. The van der Waals surface area contributed by atoms with Crippen LogP contribution in [0.5, 0.6) is 0 Å². The quantitative estimate of drug-likeness (QED) is 0.774. The van der Waals surface area contributed by atoms with Crippen LogP contribution >= 0.6 is 0 Å². The molecule has 0 bridgehead atoms. The van der Waals surface area contributed by atoms with Gasteiger partial charge in [0.1, 0.15) is 0 Å². The third-order valence-electron chi connectivity index (χ3n) is 5.56. The predicted octanol–water partition coefficient (Wildman–Crippen LogP) is 4.09. The Hall–Kier alpha value is -1.27. The van der Waals surface area contributed by atoms with Crippen molar-refractivity contribution in [3.63, 3.8) is 0 Å². The summed E-state index contributed by atoms with van der Waals surface area (Å²) in [7, 11) is 0. The highest BCUT2D eigenvalue weighted by Crippen LogP contribution is 2.31. The molecule has 3 rings (SSSR count). The number of alkyl halides is 3. The van der Waals surface area contributed by atoms with Crippen molar-refractivity contribution in [3.05, 3.63) is 29.8 Å². The van der Waals surface area contributed by atoms with Gasteiger partial charge < -0.3 is 9.80 Å². The molecule has 2 fully saturated rings. The average Bonchev–Trinajstić information content (AvgIpc) is 2.91. The maximum absolute atomic E-state index is 12.9. The lowest BCUT2D eigenvalue weighted by atomic mass is 10.1. The molecule has 0 aromatic heterocycles. The molecular weight excluding hydrogens is 339 g/mol. The summed E-state index contributed by atoms with van der Waals surface area (Å²) in [6, 6.07) is 5.70. The number of likely N-dealkylation sites (tertiary alicyclic amines) is 1. The fraction of sp³-hybridized carbons (Fsp3) is 0.700. The van der Waals surface area contributed by atoms with Crippen molar-refractivity contribution in [2.45, 2.75) is 38.3 Å². The molecule has 1 aromatic carbocycles. The second-order valence-corrected chi connectivity index (χ2v) is 7.49. The zero-order valence-corrected chi connectivity index (χ0v) is 15.5. The molecule has 3 nitrogen and oxygen atoms in total. The van der Waals surface area contributed by atoms with Crippen molar-refractivity contribution >= 4 is 5.69 Å². The van der Waals surface area contributed by atoms with E-state index in [1.165, 1.54) is 63.9 Å². The molecule has 0 amide bonds.